The number of nitrogens with zero attached hydrogens (tertiary/aromatic N) is 2. The second-order valence-electron chi connectivity index (χ2n) is 5.26. The summed E-state index contributed by atoms with van der Waals surface area (Å²) in [6, 6.07) is 4.39. The smallest absolute Gasteiger partial charge is 0.226 e. The van der Waals surface area contributed by atoms with E-state index in [4.69, 9.17) is 4.74 Å². The lowest BCUT2D eigenvalue weighted by Gasteiger charge is -2.27. The number of aromatic nitrogens is 1. The van der Waals surface area contributed by atoms with Crippen LogP contribution in [0.3, 0.4) is 0 Å². The maximum atomic E-state index is 13.0. The van der Waals surface area contributed by atoms with Crippen LogP contribution in [0.4, 0.5) is 4.39 Å². The standard InChI is InChI=1S/C14H15FN2O3/c15-12-2-1-3-13(16-12)20-11-4-5-17(8-11)14(19)9-6-10(18)7-9/h1-3,9,11H,4-8H2. The van der Waals surface area contributed by atoms with Gasteiger partial charge in [-0.1, -0.05) is 6.07 Å². The minimum atomic E-state index is -0.582. The Bertz CT molecular complexity index is 541. The number of pyridine rings is 1. The molecule has 0 N–H and O–H groups in total. The zero-order valence-electron chi connectivity index (χ0n) is 10.9. The largest absolute Gasteiger partial charge is 0.472 e. The van der Waals surface area contributed by atoms with E-state index in [1.165, 1.54) is 12.1 Å². The molecular weight excluding hydrogens is 263 g/mol. The number of amides is 1. The van der Waals surface area contributed by atoms with Crippen molar-refractivity contribution in [3.05, 3.63) is 24.1 Å². The highest BCUT2D eigenvalue weighted by Crippen LogP contribution is 2.27. The molecule has 1 saturated carbocycles. The van der Waals surface area contributed by atoms with Crippen molar-refractivity contribution in [2.45, 2.75) is 25.4 Å². The first-order valence-electron chi connectivity index (χ1n) is 6.71. The number of rotatable bonds is 3. The summed E-state index contributed by atoms with van der Waals surface area (Å²) in [5, 5.41) is 0. The van der Waals surface area contributed by atoms with Gasteiger partial charge < -0.3 is 9.64 Å². The summed E-state index contributed by atoms with van der Waals surface area (Å²) in [7, 11) is 0. The van der Waals surface area contributed by atoms with E-state index >= 15 is 0 Å². The third-order valence-corrected chi connectivity index (χ3v) is 3.73. The van der Waals surface area contributed by atoms with Crippen molar-refractivity contribution in [2.24, 2.45) is 5.92 Å². The van der Waals surface area contributed by atoms with E-state index in [9.17, 15) is 14.0 Å². The first kappa shape index (κ1) is 13.0. The second-order valence-corrected chi connectivity index (χ2v) is 5.26. The Hall–Kier alpha value is -1.98. The number of ketones is 1. The number of hydrogen-bond acceptors (Lipinski definition) is 4. The van der Waals surface area contributed by atoms with Crippen LogP contribution in [0.25, 0.3) is 0 Å². The average Bonchev–Trinajstić information content (AvgIpc) is 2.83. The Morgan fingerprint density at radius 3 is 2.90 bits per heavy atom. The summed E-state index contributed by atoms with van der Waals surface area (Å²) < 4.78 is 18.5. The Balaban J connectivity index is 1.54. The van der Waals surface area contributed by atoms with Gasteiger partial charge in [-0.2, -0.15) is 9.37 Å². The van der Waals surface area contributed by atoms with Crippen molar-refractivity contribution in [3.8, 4) is 5.88 Å². The van der Waals surface area contributed by atoms with Crippen LogP contribution in [0, 0.1) is 11.9 Å². The molecule has 3 rings (SSSR count). The Morgan fingerprint density at radius 2 is 2.20 bits per heavy atom. The lowest BCUT2D eigenvalue weighted by Crippen LogP contribution is -2.41. The SMILES string of the molecule is O=C1CC(C(=O)N2CCC(Oc3cccc(F)n3)C2)C1. The molecule has 1 saturated heterocycles. The Kier molecular flexibility index (Phi) is 3.38. The predicted molar refractivity (Wildman–Crippen MR) is 67.5 cm³/mol. The van der Waals surface area contributed by atoms with Crippen molar-refractivity contribution in [3.63, 3.8) is 0 Å². The minimum Gasteiger partial charge on any atom is -0.472 e. The first-order valence-corrected chi connectivity index (χ1v) is 6.71. The van der Waals surface area contributed by atoms with Gasteiger partial charge in [0.05, 0.1) is 12.5 Å². The molecule has 2 fully saturated rings. The zero-order chi connectivity index (χ0) is 14.1. The molecule has 2 aliphatic rings. The van der Waals surface area contributed by atoms with Gasteiger partial charge in [-0.3, -0.25) is 9.59 Å². The fourth-order valence-corrected chi connectivity index (χ4v) is 2.57. The van der Waals surface area contributed by atoms with Gasteiger partial charge in [0.2, 0.25) is 17.7 Å². The Morgan fingerprint density at radius 1 is 1.40 bits per heavy atom. The van der Waals surface area contributed by atoms with Gasteiger partial charge in [-0.05, 0) is 6.07 Å². The number of halogens is 1. The van der Waals surface area contributed by atoms with Crippen molar-refractivity contribution >= 4 is 11.7 Å². The fourth-order valence-electron chi connectivity index (χ4n) is 2.57. The molecule has 1 aromatic heterocycles. The van der Waals surface area contributed by atoms with Gasteiger partial charge in [0, 0.05) is 31.9 Å². The zero-order valence-corrected chi connectivity index (χ0v) is 10.9. The van der Waals surface area contributed by atoms with Crippen LogP contribution in [-0.2, 0) is 9.59 Å². The molecule has 2 heterocycles. The molecule has 20 heavy (non-hydrogen) atoms. The number of likely N-dealkylation sites (tertiary alicyclic amines) is 1. The third-order valence-electron chi connectivity index (χ3n) is 3.73. The van der Waals surface area contributed by atoms with Crippen molar-refractivity contribution in [1.82, 2.24) is 9.88 Å². The molecule has 1 aliphatic heterocycles. The summed E-state index contributed by atoms with van der Waals surface area (Å²) in [6.45, 7) is 1.09. The van der Waals surface area contributed by atoms with Gasteiger partial charge in [-0.25, -0.2) is 0 Å². The van der Waals surface area contributed by atoms with Crippen LogP contribution in [0.5, 0.6) is 5.88 Å². The van der Waals surface area contributed by atoms with Crippen LogP contribution in [0.2, 0.25) is 0 Å². The van der Waals surface area contributed by atoms with Gasteiger partial charge >= 0.3 is 0 Å². The molecule has 1 aliphatic carbocycles. The van der Waals surface area contributed by atoms with Gasteiger partial charge in [0.15, 0.2) is 0 Å². The van der Waals surface area contributed by atoms with E-state index < -0.39 is 5.95 Å². The van der Waals surface area contributed by atoms with Crippen LogP contribution in [0.15, 0.2) is 18.2 Å². The number of carbonyl (C=O) groups is 2. The quantitative estimate of drug-likeness (QED) is 0.779. The minimum absolute atomic E-state index is 0.0305. The van der Waals surface area contributed by atoms with E-state index in [0.717, 1.165) is 0 Å². The van der Waals surface area contributed by atoms with E-state index in [1.54, 1.807) is 11.0 Å². The maximum absolute atomic E-state index is 13.0. The molecular formula is C14H15FN2O3. The van der Waals surface area contributed by atoms with Gasteiger partial charge in [-0.15, -0.1) is 0 Å². The van der Waals surface area contributed by atoms with Crippen LogP contribution in [-0.4, -0.2) is 40.8 Å². The molecule has 5 nitrogen and oxygen atoms in total. The number of carbonyl (C=O) groups excluding carboxylic acids is 2. The molecule has 1 unspecified atom stereocenters. The molecule has 1 atom stereocenters. The average molecular weight is 278 g/mol. The molecule has 6 heteroatoms. The van der Waals surface area contributed by atoms with Gasteiger partial charge in [0.25, 0.3) is 0 Å². The highest BCUT2D eigenvalue weighted by molar-refractivity contribution is 5.96. The van der Waals surface area contributed by atoms with E-state index in [2.05, 4.69) is 4.98 Å². The number of Topliss-reactive ketones (excluding diaryl/α,β-unsaturated/α-hetero) is 1. The summed E-state index contributed by atoms with van der Waals surface area (Å²) in [5.74, 6) is -0.305. The van der Waals surface area contributed by atoms with Crippen LogP contribution < -0.4 is 4.74 Å². The molecule has 0 bridgehead atoms. The summed E-state index contributed by atoms with van der Waals surface area (Å²) >= 11 is 0. The van der Waals surface area contributed by atoms with Crippen molar-refractivity contribution in [2.75, 3.05) is 13.1 Å². The third kappa shape index (κ3) is 2.64. The monoisotopic (exact) mass is 278 g/mol. The molecule has 0 spiro atoms. The van der Waals surface area contributed by atoms with Gasteiger partial charge in [0.1, 0.15) is 11.9 Å². The fraction of sp³-hybridized carbons (Fsp3) is 0.500. The molecule has 1 amide bonds. The lowest BCUT2D eigenvalue weighted by molar-refractivity contribution is -0.144. The summed E-state index contributed by atoms with van der Waals surface area (Å²) in [5.41, 5.74) is 0. The molecule has 0 aromatic carbocycles. The highest BCUT2D eigenvalue weighted by Gasteiger charge is 2.38. The second kappa shape index (κ2) is 5.19. The van der Waals surface area contributed by atoms with Crippen molar-refractivity contribution in [1.29, 1.82) is 0 Å². The predicted octanol–water partition coefficient (Wildman–Crippen LogP) is 1.18. The molecule has 0 radical (unpaired) electrons. The number of hydrogen-bond donors (Lipinski definition) is 0. The maximum Gasteiger partial charge on any atom is 0.226 e. The topological polar surface area (TPSA) is 59.5 Å². The normalized spacial score (nSPS) is 22.8. The molecule has 1 aromatic rings. The van der Waals surface area contributed by atoms with Crippen molar-refractivity contribution < 1.29 is 18.7 Å². The number of ether oxygens (including phenoxy) is 1. The van der Waals surface area contributed by atoms with E-state index in [1.807, 2.05) is 0 Å². The van der Waals surface area contributed by atoms with Crippen LogP contribution in [0.1, 0.15) is 19.3 Å². The van der Waals surface area contributed by atoms with Crippen LogP contribution >= 0.6 is 0 Å². The Labute approximate surface area is 115 Å². The van der Waals surface area contributed by atoms with E-state index in [-0.39, 0.29) is 29.6 Å². The first-order chi connectivity index (χ1) is 9.61. The summed E-state index contributed by atoms with van der Waals surface area (Å²) in [4.78, 5) is 28.4. The lowest BCUT2D eigenvalue weighted by atomic mass is 9.83. The van der Waals surface area contributed by atoms with E-state index in [0.29, 0.717) is 32.4 Å². The summed E-state index contributed by atoms with van der Waals surface area (Å²) in [6.07, 6.45) is 1.27. The molecule has 106 valence electrons. The highest BCUT2D eigenvalue weighted by atomic mass is 19.1.